The summed E-state index contributed by atoms with van der Waals surface area (Å²) in [4.78, 5) is 13.8. The maximum atomic E-state index is 13.3. The summed E-state index contributed by atoms with van der Waals surface area (Å²) in [5.41, 5.74) is 0.868. The van der Waals surface area contributed by atoms with Crippen molar-refractivity contribution < 1.29 is 13.9 Å². The van der Waals surface area contributed by atoms with Gasteiger partial charge < -0.3 is 4.74 Å². The standard InChI is InChI=1S/C15H17FN2O2/c1-20-15(19)14-4-2-3-7-18(14)10-11-5-6-13(16)12(8-11)9-17/h5-6,8,14H,2-4,7,10H2,1H3. The minimum atomic E-state index is -0.514. The molecule has 1 aromatic rings. The van der Waals surface area contributed by atoms with Gasteiger partial charge in [-0.05, 0) is 37.1 Å². The fourth-order valence-corrected chi connectivity index (χ4v) is 2.57. The van der Waals surface area contributed by atoms with Crippen LogP contribution in [0.3, 0.4) is 0 Å². The maximum Gasteiger partial charge on any atom is 0.323 e. The van der Waals surface area contributed by atoms with Crippen LogP contribution < -0.4 is 0 Å². The summed E-state index contributed by atoms with van der Waals surface area (Å²) in [5, 5.41) is 8.85. The highest BCUT2D eigenvalue weighted by atomic mass is 19.1. The van der Waals surface area contributed by atoms with Crippen molar-refractivity contribution >= 4 is 5.97 Å². The molecule has 0 saturated carbocycles. The number of carbonyl (C=O) groups excluding carboxylic acids is 1. The zero-order chi connectivity index (χ0) is 14.5. The largest absolute Gasteiger partial charge is 0.468 e. The molecule has 4 nitrogen and oxygen atoms in total. The van der Waals surface area contributed by atoms with E-state index in [-0.39, 0.29) is 17.6 Å². The van der Waals surface area contributed by atoms with E-state index in [0.717, 1.165) is 31.4 Å². The third kappa shape index (κ3) is 3.14. The van der Waals surface area contributed by atoms with E-state index in [9.17, 15) is 9.18 Å². The van der Waals surface area contributed by atoms with Crippen molar-refractivity contribution in [3.63, 3.8) is 0 Å². The molecule has 106 valence electrons. The van der Waals surface area contributed by atoms with Crippen molar-refractivity contribution in [2.24, 2.45) is 0 Å². The lowest BCUT2D eigenvalue weighted by Crippen LogP contribution is -2.44. The molecule has 1 saturated heterocycles. The Hall–Kier alpha value is -1.93. The van der Waals surface area contributed by atoms with Crippen molar-refractivity contribution in [2.45, 2.75) is 31.8 Å². The Balaban J connectivity index is 2.15. The summed E-state index contributed by atoms with van der Waals surface area (Å²) >= 11 is 0. The van der Waals surface area contributed by atoms with Crippen LogP contribution in [0.25, 0.3) is 0 Å². The topological polar surface area (TPSA) is 53.3 Å². The van der Waals surface area contributed by atoms with Gasteiger partial charge in [0.15, 0.2) is 0 Å². The molecule has 2 rings (SSSR count). The Kier molecular flexibility index (Phi) is 4.70. The fraction of sp³-hybridized carbons (Fsp3) is 0.467. The smallest absolute Gasteiger partial charge is 0.323 e. The molecule has 0 radical (unpaired) electrons. The predicted molar refractivity (Wildman–Crippen MR) is 71.2 cm³/mol. The van der Waals surface area contributed by atoms with Crippen LogP contribution in [0, 0.1) is 17.1 Å². The van der Waals surface area contributed by atoms with E-state index in [2.05, 4.69) is 0 Å². The van der Waals surface area contributed by atoms with Gasteiger partial charge >= 0.3 is 5.97 Å². The molecule has 0 aromatic heterocycles. The van der Waals surface area contributed by atoms with Crippen molar-refractivity contribution in [3.8, 4) is 6.07 Å². The Labute approximate surface area is 117 Å². The van der Waals surface area contributed by atoms with Gasteiger partial charge in [-0.2, -0.15) is 5.26 Å². The average Bonchev–Trinajstić information content (AvgIpc) is 2.49. The summed E-state index contributed by atoms with van der Waals surface area (Å²) < 4.78 is 18.1. The average molecular weight is 276 g/mol. The van der Waals surface area contributed by atoms with Gasteiger partial charge in [0.25, 0.3) is 0 Å². The SMILES string of the molecule is COC(=O)C1CCCCN1Cc1ccc(F)c(C#N)c1. The number of rotatable bonds is 3. The molecule has 0 spiro atoms. The van der Waals surface area contributed by atoms with Gasteiger partial charge in [-0.25, -0.2) is 4.39 Å². The molecule has 20 heavy (non-hydrogen) atoms. The molecule has 5 heteroatoms. The molecule has 1 fully saturated rings. The van der Waals surface area contributed by atoms with Crippen LogP contribution >= 0.6 is 0 Å². The van der Waals surface area contributed by atoms with E-state index in [1.54, 1.807) is 6.07 Å². The normalized spacial score (nSPS) is 19.4. The molecule has 1 atom stereocenters. The molecule has 1 heterocycles. The van der Waals surface area contributed by atoms with Gasteiger partial charge in [0.05, 0.1) is 12.7 Å². The molecule has 1 aliphatic heterocycles. The van der Waals surface area contributed by atoms with Gasteiger partial charge in [-0.1, -0.05) is 12.5 Å². The summed E-state index contributed by atoms with van der Waals surface area (Å²) in [6.07, 6.45) is 2.81. The maximum absolute atomic E-state index is 13.3. The Morgan fingerprint density at radius 3 is 3.05 bits per heavy atom. The van der Waals surface area contributed by atoms with Crippen LogP contribution in [-0.2, 0) is 16.1 Å². The Morgan fingerprint density at radius 2 is 2.35 bits per heavy atom. The van der Waals surface area contributed by atoms with E-state index < -0.39 is 5.82 Å². The lowest BCUT2D eigenvalue weighted by Gasteiger charge is -2.33. The minimum Gasteiger partial charge on any atom is -0.468 e. The lowest BCUT2D eigenvalue weighted by atomic mass is 10.0. The number of methoxy groups -OCH3 is 1. The first kappa shape index (κ1) is 14.5. The summed E-state index contributed by atoms with van der Waals surface area (Å²) in [6, 6.07) is 6.08. The molecule has 0 amide bonds. The first-order valence-corrected chi connectivity index (χ1v) is 6.66. The molecule has 0 aliphatic carbocycles. The number of halogens is 1. The van der Waals surface area contributed by atoms with E-state index in [1.807, 2.05) is 11.0 Å². The van der Waals surface area contributed by atoms with Gasteiger partial charge in [-0.15, -0.1) is 0 Å². The van der Waals surface area contributed by atoms with E-state index in [4.69, 9.17) is 10.00 Å². The van der Waals surface area contributed by atoms with Gasteiger partial charge in [0, 0.05) is 6.54 Å². The highest BCUT2D eigenvalue weighted by molar-refractivity contribution is 5.75. The number of carbonyl (C=O) groups is 1. The number of benzene rings is 1. The second-order valence-electron chi connectivity index (χ2n) is 4.93. The van der Waals surface area contributed by atoms with Gasteiger partial charge in [0.1, 0.15) is 17.9 Å². The fourth-order valence-electron chi connectivity index (χ4n) is 2.57. The number of ether oxygens (including phenoxy) is 1. The first-order valence-electron chi connectivity index (χ1n) is 6.66. The second kappa shape index (κ2) is 6.49. The van der Waals surface area contributed by atoms with Crippen LogP contribution in [0.4, 0.5) is 4.39 Å². The number of hydrogen-bond acceptors (Lipinski definition) is 4. The van der Waals surface area contributed by atoms with E-state index >= 15 is 0 Å². The van der Waals surface area contributed by atoms with Crippen LogP contribution in [0.2, 0.25) is 0 Å². The zero-order valence-electron chi connectivity index (χ0n) is 11.4. The highest BCUT2D eigenvalue weighted by Crippen LogP contribution is 2.21. The van der Waals surface area contributed by atoms with Crippen molar-refractivity contribution in [1.29, 1.82) is 5.26 Å². The monoisotopic (exact) mass is 276 g/mol. The van der Waals surface area contributed by atoms with Crippen molar-refractivity contribution in [2.75, 3.05) is 13.7 Å². The first-order chi connectivity index (χ1) is 9.65. The molecule has 1 unspecified atom stereocenters. The van der Waals surface area contributed by atoms with E-state index in [0.29, 0.717) is 6.54 Å². The molecular weight excluding hydrogens is 259 g/mol. The number of nitrogens with zero attached hydrogens (tertiary/aromatic N) is 2. The number of likely N-dealkylation sites (tertiary alicyclic amines) is 1. The second-order valence-corrected chi connectivity index (χ2v) is 4.93. The van der Waals surface area contributed by atoms with Crippen LogP contribution in [-0.4, -0.2) is 30.6 Å². The molecule has 0 bridgehead atoms. The van der Waals surface area contributed by atoms with Gasteiger partial charge in [0.2, 0.25) is 0 Å². The predicted octanol–water partition coefficient (Wildman–Crippen LogP) is 2.22. The summed E-state index contributed by atoms with van der Waals surface area (Å²) in [6.45, 7) is 1.33. The van der Waals surface area contributed by atoms with Crippen LogP contribution in [0.15, 0.2) is 18.2 Å². The molecule has 0 N–H and O–H groups in total. The Morgan fingerprint density at radius 1 is 1.55 bits per heavy atom. The van der Waals surface area contributed by atoms with E-state index in [1.165, 1.54) is 19.2 Å². The molecular formula is C15H17FN2O2. The number of nitriles is 1. The minimum absolute atomic E-state index is 0.0362. The zero-order valence-corrected chi connectivity index (χ0v) is 11.4. The van der Waals surface area contributed by atoms with Crippen LogP contribution in [0.5, 0.6) is 0 Å². The van der Waals surface area contributed by atoms with Gasteiger partial charge in [-0.3, -0.25) is 9.69 Å². The third-order valence-electron chi connectivity index (χ3n) is 3.62. The number of hydrogen-bond donors (Lipinski definition) is 0. The molecule has 1 aromatic carbocycles. The van der Waals surface area contributed by atoms with Crippen molar-refractivity contribution in [1.82, 2.24) is 4.90 Å². The summed E-state index contributed by atoms with van der Waals surface area (Å²) in [5.74, 6) is -0.744. The highest BCUT2D eigenvalue weighted by Gasteiger charge is 2.29. The molecule has 1 aliphatic rings. The Bertz CT molecular complexity index is 539. The van der Waals surface area contributed by atoms with Crippen LogP contribution in [0.1, 0.15) is 30.4 Å². The van der Waals surface area contributed by atoms with Crippen molar-refractivity contribution in [3.05, 3.63) is 35.1 Å². The third-order valence-corrected chi connectivity index (χ3v) is 3.62. The summed E-state index contributed by atoms with van der Waals surface area (Å²) in [7, 11) is 1.39. The number of piperidine rings is 1. The number of esters is 1. The lowest BCUT2D eigenvalue weighted by molar-refractivity contribution is -0.148. The quantitative estimate of drug-likeness (QED) is 0.794.